The summed E-state index contributed by atoms with van der Waals surface area (Å²) in [6.45, 7) is 5.86. The fraction of sp³-hybridized carbons (Fsp3) is 0.900. The third-order valence-corrected chi connectivity index (χ3v) is 1.50. The second-order valence-electron chi connectivity index (χ2n) is 4.38. The highest BCUT2D eigenvalue weighted by atomic mass is 19.3. The van der Waals surface area contributed by atoms with E-state index in [1.54, 1.807) is 20.8 Å². The minimum Gasteiger partial charge on any atom is -0.444 e. The lowest BCUT2D eigenvalue weighted by molar-refractivity contribution is 0.0527. The molecular weight excluding hydrogens is 218 g/mol. The van der Waals surface area contributed by atoms with Crippen LogP contribution in [0.2, 0.25) is 0 Å². The van der Waals surface area contributed by atoms with Crippen molar-refractivity contribution in [1.29, 1.82) is 0 Å². The molecule has 0 saturated carbocycles. The van der Waals surface area contributed by atoms with Gasteiger partial charge in [0.1, 0.15) is 5.60 Å². The summed E-state index contributed by atoms with van der Waals surface area (Å²) in [4.78, 5) is 11.1. The van der Waals surface area contributed by atoms with Crippen LogP contribution in [0, 0.1) is 0 Å². The van der Waals surface area contributed by atoms with E-state index in [0.29, 0.717) is 19.5 Å². The van der Waals surface area contributed by atoms with Crippen molar-refractivity contribution in [3.63, 3.8) is 0 Å². The predicted octanol–water partition coefficient (Wildman–Crippen LogP) is 1.76. The summed E-state index contributed by atoms with van der Waals surface area (Å²) in [5.41, 5.74) is -0.516. The van der Waals surface area contributed by atoms with E-state index in [1.807, 2.05) is 0 Å². The molecule has 16 heavy (non-hydrogen) atoms. The second kappa shape index (κ2) is 7.38. The summed E-state index contributed by atoms with van der Waals surface area (Å²) < 4.78 is 28.4. The number of hydrogen-bond donors (Lipinski definition) is 2. The first-order valence-corrected chi connectivity index (χ1v) is 5.27. The molecule has 0 rings (SSSR count). The highest BCUT2D eigenvalue weighted by Gasteiger charge is 2.15. The maximum absolute atomic E-state index is 11.7. The van der Waals surface area contributed by atoms with Crippen LogP contribution in [0.1, 0.15) is 27.2 Å². The zero-order chi connectivity index (χ0) is 12.6. The number of alkyl halides is 2. The summed E-state index contributed by atoms with van der Waals surface area (Å²) in [5.74, 6) is 0. The maximum Gasteiger partial charge on any atom is 0.407 e. The Bertz CT molecular complexity index is 205. The van der Waals surface area contributed by atoms with Crippen LogP contribution in [0.4, 0.5) is 13.6 Å². The molecule has 0 atom stereocenters. The van der Waals surface area contributed by atoms with Crippen molar-refractivity contribution in [1.82, 2.24) is 10.6 Å². The van der Waals surface area contributed by atoms with Gasteiger partial charge in [-0.2, -0.15) is 0 Å². The Hall–Kier alpha value is -0.910. The summed E-state index contributed by atoms with van der Waals surface area (Å²) in [5, 5.41) is 5.10. The lowest BCUT2D eigenvalue weighted by Gasteiger charge is -2.19. The quantitative estimate of drug-likeness (QED) is 0.693. The van der Waals surface area contributed by atoms with Crippen molar-refractivity contribution < 1.29 is 18.3 Å². The highest BCUT2D eigenvalue weighted by molar-refractivity contribution is 5.67. The monoisotopic (exact) mass is 238 g/mol. The van der Waals surface area contributed by atoms with Gasteiger partial charge in [-0.05, 0) is 33.7 Å². The minimum absolute atomic E-state index is 0.313. The molecule has 0 spiro atoms. The van der Waals surface area contributed by atoms with E-state index in [4.69, 9.17) is 4.74 Å². The van der Waals surface area contributed by atoms with Crippen molar-refractivity contribution in [2.24, 2.45) is 0 Å². The van der Waals surface area contributed by atoms with Gasteiger partial charge in [0.2, 0.25) is 0 Å². The van der Waals surface area contributed by atoms with E-state index in [0.717, 1.165) is 0 Å². The van der Waals surface area contributed by atoms with Crippen LogP contribution in [0.3, 0.4) is 0 Å². The number of ether oxygens (including phenoxy) is 1. The molecule has 2 N–H and O–H groups in total. The number of carbonyl (C=O) groups is 1. The lowest BCUT2D eigenvalue weighted by Crippen LogP contribution is -2.34. The van der Waals surface area contributed by atoms with Crippen molar-refractivity contribution in [3.05, 3.63) is 0 Å². The van der Waals surface area contributed by atoms with Crippen LogP contribution in [-0.4, -0.2) is 37.8 Å². The third kappa shape index (κ3) is 11.2. The summed E-state index contributed by atoms with van der Waals surface area (Å²) in [6.07, 6.45) is -2.23. The molecule has 6 heteroatoms. The van der Waals surface area contributed by atoms with Crippen LogP contribution in [0.15, 0.2) is 0 Å². The molecule has 4 nitrogen and oxygen atoms in total. The Morgan fingerprint density at radius 3 is 2.44 bits per heavy atom. The fourth-order valence-corrected chi connectivity index (χ4v) is 0.929. The molecule has 0 aliphatic heterocycles. The van der Waals surface area contributed by atoms with Crippen LogP contribution in [-0.2, 0) is 4.74 Å². The summed E-state index contributed by atoms with van der Waals surface area (Å²) in [7, 11) is 0. The Balaban J connectivity index is 3.35. The first-order valence-electron chi connectivity index (χ1n) is 5.27. The molecule has 0 radical (unpaired) electrons. The van der Waals surface area contributed by atoms with E-state index in [1.165, 1.54) is 0 Å². The molecule has 0 saturated heterocycles. The average molecular weight is 238 g/mol. The zero-order valence-corrected chi connectivity index (χ0v) is 9.98. The number of halogens is 2. The number of alkyl carbamates (subject to hydrolysis) is 1. The molecule has 96 valence electrons. The molecule has 0 aromatic rings. The average Bonchev–Trinajstić information content (AvgIpc) is 2.07. The number of rotatable bonds is 6. The maximum atomic E-state index is 11.7. The van der Waals surface area contributed by atoms with Crippen LogP contribution in [0.5, 0.6) is 0 Å². The molecule has 1 amide bonds. The van der Waals surface area contributed by atoms with Gasteiger partial charge in [0.25, 0.3) is 6.43 Å². The number of amides is 1. The Morgan fingerprint density at radius 2 is 1.94 bits per heavy atom. The standard InChI is InChI=1S/C10H20F2N2O2/c1-10(2,3)16-9(15)14-6-4-5-13-7-8(11)12/h8,13H,4-7H2,1-3H3,(H,14,15). The molecule has 0 fully saturated rings. The molecule has 0 heterocycles. The normalized spacial score (nSPS) is 11.6. The largest absolute Gasteiger partial charge is 0.444 e. The van der Waals surface area contributed by atoms with Gasteiger partial charge in [-0.1, -0.05) is 0 Å². The van der Waals surface area contributed by atoms with E-state index in [-0.39, 0.29) is 6.54 Å². The number of nitrogens with one attached hydrogen (secondary N) is 2. The summed E-state index contributed by atoms with van der Waals surface area (Å²) in [6, 6.07) is 0. The van der Waals surface area contributed by atoms with Gasteiger partial charge in [-0.15, -0.1) is 0 Å². The fourth-order valence-electron chi connectivity index (χ4n) is 0.929. The van der Waals surface area contributed by atoms with Crippen molar-refractivity contribution >= 4 is 6.09 Å². The molecule has 0 bridgehead atoms. The Kier molecular flexibility index (Phi) is 6.96. The molecule has 0 aliphatic carbocycles. The third-order valence-electron chi connectivity index (χ3n) is 1.50. The Morgan fingerprint density at radius 1 is 1.31 bits per heavy atom. The predicted molar refractivity (Wildman–Crippen MR) is 57.7 cm³/mol. The molecule has 0 aromatic heterocycles. The van der Waals surface area contributed by atoms with Crippen molar-refractivity contribution in [3.8, 4) is 0 Å². The van der Waals surface area contributed by atoms with Gasteiger partial charge in [0, 0.05) is 6.54 Å². The highest BCUT2D eigenvalue weighted by Crippen LogP contribution is 2.06. The van der Waals surface area contributed by atoms with Crippen LogP contribution >= 0.6 is 0 Å². The zero-order valence-electron chi connectivity index (χ0n) is 9.98. The summed E-state index contributed by atoms with van der Waals surface area (Å²) >= 11 is 0. The Labute approximate surface area is 94.7 Å². The van der Waals surface area contributed by atoms with Crippen molar-refractivity contribution in [2.45, 2.75) is 39.2 Å². The molecule has 0 aliphatic rings. The number of carbonyl (C=O) groups excluding carboxylic acids is 1. The van der Waals surface area contributed by atoms with Gasteiger partial charge in [-0.25, -0.2) is 13.6 Å². The van der Waals surface area contributed by atoms with Crippen LogP contribution in [0.25, 0.3) is 0 Å². The molecule has 0 unspecified atom stereocenters. The van der Waals surface area contributed by atoms with Crippen molar-refractivity contribution in [2.75, 3.05) is 19.6 Å². The first-order chi connectivity index (χ1) is 7.31. The van der Waals surface area contributed by atoms with Gasteiger partial charge >= 0.3 is 6.09 Å². The SMILES string of the molecule is CC(C)(C)OC(=O)NCCCNCC(F)F. The molecule has 0 aromatic carbocycles. The first kappa shape index (κ1) is 15.1. The smallest absolute Gasteiger partial charge is 0.407 e. The van der Waals surface area contributed by atoms with E-state index < -0.39 is 18.1 Å². The van der Waals surface area contributed by atoms with E-state index in [2.05, 4.69) is 10.6 Å². The van der Waals surface area contributed by atoms with Gasteiger partial charge in [0.05, 0.1) is 6.54 Å². The second-order valence-corrected chi connectivity index (χ2v) is 4.38. The van der Waals surface area contributed by atoms with Gasteiger partial charge in [-0.3, -0.25) is 0 Å². The van der Waals surface area contributed by atoms with E-state index >= 15 is 0 Å². The van der Waals surface area contributed by atoms with Gasteiger partial charge < -0.3 is 15.4 Å². The van der Waals surface area contributed by atoms with Gasteiger partial charge in [0.15, 0.2) is 0 Å². The lowest BCUT2D eigenvalue weighted by atomic mass is 10.2. The van der Waals surface area contributed by atoms with Crippen LogP contribution < -0.4 is 10.6 Å². The minimum atomic E-state index is -2.33. The van der Waals surface area contributed by atoms with E-state index in [9.17, 15) is 13.6 Å². The topological polar surface area (TPSA) is 50.4 Å². The number of hydrogen-bond acceptors (Lipinski definition) is 3. The molecular formula is C10H20F2N2O2.